The average Bonchev–Trinajstić information content (AvgIpc) is 3.15. The lowest BCUT2D eigenvalue weighted by molar-refractivity contribution is -0.136. The number of alkyl halides is 3. The van der Waals surface area contributed by atoms with Crippen molar-refractivity contribution in [2.24, 2.45) is 5.10 Å². The molecule has 1 aromatic heterocycles. The van der Waals surface area contributed by atoms with Gasteiger partial charge in [0.05, 0.1) is 17.0 Å². The van der Waals surface area contributed by atoms with Crippen LogP contribution in [-0.4, -0.2) is 17.5 Å². The number of halogens is 4. The van der Waals surface area contributed by atoms with E-state index >= 15 is 0 Å². The number of rotatable bonds is 4. The predicted molar refractivity (Wildman–Crippen MR) is 116 cm³/mol. The average molecular weight is 473 g/mol. The molecule has 4 rings (SSSR count). The zero-order chi connectivity index (χ0) is 24.5. The third-order valence-corrected chi connectivity index (χ3v) is 5.41. The first kappa shape index (κ1) is 23.2. The Morgan fingerprint density at radius 2 is 1.71 bits per heavy atom. The molecule has 0 radical (unpaired) electrons. The number of furan rings is 1. The molecular weight excluding hydrogens is 454 g/mol. The van der Waals surface area contributed by atoms with Crippen LogP contribution in [0.2, 0.25) is 0 Å². The van der Waals surface area contributed by atoms with Crippen LogP contribution in [0.3, 0.4) is 0 Å². The van der Waals surface area contributed by atoms with Crippen LogP contribution in [0.15, 0.2) is 58.0 Å². The highest BCUT2D eigenvalue weighted by Crippen LogP contribution is 2.35. The fourth-order valence-electron chi connectivity index (χ4n) is 3.80. The van der Waals surface area contributed by atoms with Crippen molar-refractivity contribution < 1.29 is 31.6 Å². The van der Waals surface area contributed by atoms with Gasteiger partial charge in [0.1, 0.15) is 11.6 Å². The molecule has 2 amide bonds. The maximum absolute atomic E-state index is 13.3. The number of fused-ring (bicyclic) bond motifs is 1. The first-order chi connectivity index (χ1) is 16.1. The highest BCUT2D eigenvalue weighted by Gasteiger charge is 2.34. The normalized spacial score (nSPS) is 14.6. The van der Waals surface area contributed by atoms with E-state index in [1.54, 1.807) is 6.92 Å². The van der Waals surface area contributed by atoms with Gasteiger partial charge in [-0.3, -0.25) is 9.59 Å². The van der Waals surface area contributed by atoms with E-state index in [2.05, 4.69) is 15.8 Å². The summed E-state index contributed by atoms with van der Waals surface area (Å²) in [6.07, 6.45) is -2.99. The monoisotopic (exact) mass is 473 g/mol. The topological polar surface area (TPSA) is 83.7 Å². The van der Waals surface area contributed by atoms with Crippen LogP contribution in [0.5, 0.6) is 0 Å². The summed E-state index contributed by atoms with van der Waals surface area (Å²) in [4.78, 5) is 25.1. The molecule has 0 aliphatic heterocycles. The number of nitrogens with one attached hydrogen (secondary N) is 2. The summed E-state index contributed by atoms with van der Waals surface area (Å²) in [6, 6.07) is 9.62. The zero-order valence-electron chi connectivity index (χ0n) is 17.9. The number of amides is 2. The van der Waals surface area contributed by atoms with Crippen molar-refractivity contribution in [2.45, 2.75) is 32.4 Å². The predicted octanol–water partition coefficient (Wildman–Crippen LogP) is 5.47. The molecule has 1 aliphatic carbocycles. The molecule has 0 unspecified atom stereocenters. The van der Waals surface area contributed by atoms with E-state index in [-0.39, 0.29) is 17.0 Å². The molecule has 176 valence electrons. The lowest BCUT2D eigenvalue weighted by Gasteiger charge is -2.13. The summed E-state index contributed by atoms with van der Waals surface area (Å²) in [5.74, 6) is -1.49. The van der Waals surface area contributed by atoms with Crippen LogP contribution < -0.4 is 10.7 Å². The summed E-state index contributed by atoms with van der Waals surface area (Å²) in [5.41, 5.74) is 2.71. The second-order valence-corrected chi connectivity index (χ2v) is 7.71. The van der Waals surface area contributed by atoms with Gasteiger partial charge >= 0.3 is 6.18 Å². The number of aryl methyl sites for hydroxylation is 1. The summed E-state index contributed by atoms with van der Waals surface area (Å²) < 4.78 is 58.6. The van der Waals surface area contributed by atoms with Crippen molar-refractivity contribution in [3.63, 3.8) is 0 Å². The Morgan fingerprint density at radius 1 is 1.00 bits per heavy atom. The van der Waals surface area contributed by atoms with E-state index in [0.717, 1.165) is 24.3 Å². The minimum absolute atomic E-state index is 0.124. The molecule has 0 bridgehead atoms. The molecule has 0 saturated heterocycles. The molecule has 2 aromatic carbocycles. The first-order valence-corrected chi connectivity index (χ1v) is 10.4. The molecule has 3 aromatic rings. The number of benzene rings is 2. The lowest BCUT2D eigenvalue weighted by atomic mass is 9.93. The number of hydrogen-bond acceptors (Lipinski definition) is 4. The Balaban J connectivity index is 1.58. The number of anilines is 1. The Bertz CT molecular complexity index is 1280. The molecule has 34 heavy (non-hydrogen) atoms. The number of carbonyl (C=O) groups is 2. The molecule has 1 aliphatic rings. The van der Waals surface area contributed by atoms with Crippen molar-refractivity contribution in [1.29, 1.82) is 0 Å². The minimum atomic E-state index is -4.64. The SMILES string of the molecule is Cc1c(C(=O)Nc2ccccc2C(F)(F)F)oc2c1/C(=N/NC(=O)c1ccc(F)cc1)CCC2. The van der Waals surface area contributed by atoms with E-state index in [0.29, 0.717) is 41.9 Å². The number of nitrogens with zero attached hydrogens (tertiary/aromatic N) is 1. The molecular formula is C24H19F4N3O3. The Kier molecular flexibility index (Phi) is 6.23. The van der Waals surface area contributed by atoms with Crippen molar-refractivity contribution in [2.75, 3.05) is 5.32 Å². The van der Waals surface area contributed by atoms with Gasteiger partial charge in [0.25, 0.3) is 11.8 Å². The molecule has 0 fully saturated rings. The van der Waals surface area contributed by atoms with Crippen LogP contribution in [-0.2, 0) is 12.6 Å². The van der Waals surface area contributed by atoms with E-state index in [1.165, 1.54) is 24.3 Å². The van der Waals surface area contributed by atoms with Gasteiger partial charge in [-0.05, 0) is 56.2 Å². The third kappa shape index (κ3) is 4.70. The largest absolute Gasteiger partial charge is 0.455 e. The van der Waals surface area contributed by atoms with E-state index in [4.69, 9.17) is 4.42 Å². The number of carbonyl (C=O) groups excluding carboxylic acids is 2. The second kappa shape index (κ2) is 9.12. The van der Waals surface area contributed by atoms with Crippen LogP contribution >= 0.6 is 0 Å². The van der Waals surface area contributed by atoms with Gasteiger partial charge in [0, 0.05) is 23.1 Å². The molecule has 0 atom stereocenters. The maximum Gasteiger partial charge on any atom is 0.418 e. The van der Waals surface area contributed by atoms with Crippen molar-refractivity contribution in [1.82, 2.24) is 5.43 Å². The van der Waals surface area contributed by atoms with Crippen LogP contribution in [0.1, 0.15) is 56.2 Å². The van der Waals surface area contributed by atoms with Gasteiger partial charge in [0.15, 0.2) is 5.76 Å². The van der Waals surface area contributed by atoms with Gasteiger partial charge in [-0.25, -0.2) is 9.82 Å². The molecule has 10 heteroatoms. The highest BCUT2D eigenvalue weighted by atomic mass is 19.4. The first-order valence-electron chi connectivity index (χ1n) is 10.4. The standard InChI is InChI=1S/C24H19F4N3O3/c1-13-20-18(30-31-22(32)14-9-11-15(25)12-10-14)7-4-8-19(20)34-21(13)23(33)29-17-6-3-2-5-16(17)24(26,27)28/h2-3,5-6,9-12H,4,7-8H2,1H3,(H,29,33)(H,31,32)/b30-18+. The Labute approximate surface area is 191 Å². The van der Waals surface area contributed by atoms with Crippen molar-refractivity contribution in [3.8, 4) is 0 Å². The fourth-order valence-corrected chi connectivity index (χ4v) is 3.80. The number of hydrogen-bond donors (Lipinski definition) is 2. The van der Waals surface area contributed by atoms with Gasteiger partial charge in [-0.2, -0.15) is 18.3 Å². The smallest absolute Gasteiger partial charge is 0.418 e. The Morgan fingerprint density at radius 3 is 2.41 bits per heavy atom. The molecule has 6 nitrogen and oxygen atoms in total. The zero-order valence-corrected chi connectivity index (χ0v) is 17.9. The summed E-state index contributed by atoms with van der Waals surface area (Å²) in [5, 5.41) is 6.45. The maximum atomic E-state index is 13.3. The highest BCUT2D eigenvalue weighted by molar-refractivity contribution is 6.09. The van der Waals surface area contributed by atoms with E-state index < -0.39 is 29.4 Å². The minimum Gasteiger partial charge on any atom is -0.455 e. The summed E-state index contributed by atoms with van der Waals surface area (Å²) >= 11 is 0. The van der Waals surface area contributed by atoms with Gasteiger partial charge in [0.2, 0.25) is 0 Å². The molecule has 0 spiro atoms. The Hall–Kier alpha value is -3.95. The van der Waals surface area contributed by atoms with Crippen molar-refractivity contribution >= 4 is 23.2 Å². The quantitative estimate of drug-likeness (QED) is 0.390. The summed E-state index contributed by atoms with van der Waals surface area (Å²) in [6.45, 7) is 1.61. The van der Waals surface area contributed by atoms with Crippen molar-refractivity contribution in [3.05, 3.63) is 88.1 Å². The molecule has 2 N–H and O–H groups in total. The van der Waals surface area contributed by atoms with Gasteiger partial charge in [-0.15, -0.1) is 0 Å². The second-order valence-electron chi connectivity index (χ2n) is 7.71. The third-order valence-electron chi connectivity index (χ3n) is 5.41. The van der Waals surface area contributed by atoms with Gasteiger partial charge in [-0.1, -0.05) is 12.1 Å². The number of hydrazone groups is 1. The van der Waals surface area contributed by atoms with Crippen LogP contribution in [0, 0.1) is 12.7 Å². The van der Waals surface area contributed by atoms with Gasteiger partial charge < -0.3 is 9.73 Å². The van der Waals surface area contributed by atoms with E-state index in [1.807, 2.05) is 0 Å². The molecule has 0 saturated carbocycles. The number of para-hydroxylation sites is 1. The van der Waals surface area contributed by atoms with Crippen LogP contribution in [0.25, 0.3) is 0 Å². The molecule has 1 heterocycles. The lowest BCUT2D eigenvalue weighted by Crippen LogP contribution is -2.22. The fraction of sp³-hybridized carbons (Fsp3) is 0.208. The summed E-state index contributed by atoms with van der Waals surface area (Å²) in [7, 11) is 0. The van der Waals surface area contributed by atoms with Crippen LogP contribution in [0.4, 0.5) is 23.2 Å². The van der Waals surface area contributed by atoms with E-state index in [9.17, 15) is 27.2 Å².